The lowest BCUT2D eigenvalue weighted by Gasteiger charge is -2.03. The molecule has 128 valence electrons. The largest absolute Gasteiger partial charge is 0.457 e. The van der Waals surface area contributed by atoms with Gasteiger partial charge in [-0.2, -0.15) is 5.26 Å². The normalized spacial score (nSPS) is 11.0. The predicted octanol–water partition coefficient (Wildman–Crippen LogP) is 4.82. The van der Waals surface area contributed by atoms with Crippen LogP contribution < -0.4 is 5.32 Å². The molecule has 3 aromatic rings. The zero-order valence-corrected chi connectivity index (χ0v) is 14.5. The van der Waals surface area contributed by atoms with Gasteiger partial charge in [0.1, 0.15) is 23.2 Å². The van der Waals surface area contributed by atoms with Crippen LogP contribution in [-0.2, 0) is 11.3 Å². The summed E-state index contributed by atoms with van der Waals surface area (Å²) in [4.78, 5) is 12.2. The Labute approximate surface area is 156 Å². The first-order chi connectivity index (χ1) is 12.7. The summed E-state index contributed by atoms with van der Waals surface area (Å²) in [6.45, 7) is 0.352. The average molecular weight is 363 g/mol. The molecule has 3 rings (SSSR count). The molecular weight excluding hydrogens is 348 g/mol. The molecule has 0 radical (unpaired) electrons. The summed E-state index contributed by atoms with van der Waals surface area (Å²) in [7, 11) is 0. The van der Waals surface area contributed by atoms with Crippen molar-refractivity contribution >= 4 is 23.6 Å². The van der Waals surface area contributed by atoms with Crippen molar-refractivity contribution in [2.45, 2.75) is 6.54 Å². The molecule has 1 N–H and O–H groups in total. The Kier molecular flexibility index (Phi) is 5.52. The summed E-state index contributed by atoms with van der Waals surface area (Å²) in [5.74, 6) is 0.587. The molecule has 5 heteroatoms. The molecule has 1 amide bonds. The molecule has 0 saturated carbocycles. The number of nitriles is 1. The fourth-order valence-electron chi connectivity index (χ4n) is 2.39. The zero-order valence-electron chi connectivity index (χ0n) is 13.8. The van der Waals surface area contributed by atoms with Crippen LogP contribution >= 0.6 is 11.6 Å². The Morgan fingerprint density at radius 3 is 2.65 bits per heavy atom. The number of amides is 1. The van der Waals surface area contributed by atoms with Gasteiger partial charge in [-0.15, -0.1) is 0 Å². The first-order valence-electron chi connectivity index (χ1n) is 7.95. The number of furan rings is 1. The fourth-order valence-corrected chi connectivity index (χ4v) is 2.58. The molecule has 0 atom stereocenters. The van der Waals surface area contributed by atoms with Crippen LogP contribution in [0.25, 0.3) is 17.4 Å². The minimum atomic E-state index is -0.447. The standard InChI is InChI=1S/C21H15ClN2O2/c22-18-8-4-7-16(11-18)20-10-9-19(26-20)12-17(13-23)21(25)24-14-15-5-2-1-3-6-15/h1-12H,14H2,(H,24,25)/b17-12+. The van der Waals surface area contributed by atoms with E-state index in [1.54, 1.807) is 24.3 Å². The highest BCUT2D eigenvalue weighted by molar-refractivity contribution is 6.30. The van der Waals surface area contributed by atoms with E-state index in [-0.39, 0.29) is 5.57 Å². The van der Waals surface area contributed by atoms with Gasteiger partial charge in [-0.1, -0.05) is 54.1 Å². The maximum atomic E-state index is 12.2. The van der Waals surface area contributed by atoms with Gasteiger partial charge in [-0.3, -0.25) is 4.79 Å². The molecule has 26 heavy (non-hydrogen) atoms. The second-order valence-corrected chi connectivity index (χ2v) is 5.99. The third-order valence-corrected chi connectivity index (χ3v) is 3.92. The molecule has 0 spiro atoms. The second-order valence-electron chi connectivity index (χ2n) is 5.55. The SMILES string of the molecule is N#C/C(=C\c1ccc(-c2cccc(Cl)c2)o1)C(=O)NCc1ccccc1. The first-order valence-corrected chi connectivity index (χ1v) is 8.33. The van der Waals surface area contributed by atoms with Gasteiger partial charge in [0.2, 0.25) is 0 Å². The Morgan fingerprint density at radius 1 is 1.12 bits per heavy atom. The number of rotatable bonds is 5. The van der Waals surface area contributed by atoms with Crippen molar-refractivity contribution in [3.8, 4) is 17.4 Å². The Hall–Kier alpha value is -3.29. The smallest absolute Gasteiger partial charge is 0.262 e. The third kappa shape index (κ3) is 4.41. The average Bonchev–Trinajstić information content (AvgIpc) is 3.14. The Balaban J connectivity index is 1.73. The van der Waals surface area contributed by atoms with Gasteiger partial charge >= 0.3 is 0 Å². The molecule has 0 aliphatic carbocycles. The monoisotopic (exact) mass is 362 g/mol. The molecule has 0 saturated heterocycles. The zero-order chi connectivity index (χ0) is 18.4. The van der Waals surface area contributed by atoms with Crippen LogP contribution in [0.1, 0.15) is 11.3 Å². The number of carbonyl (C=O) groups is 1. The molecule has 1 heterocycles. The molecular formula is C21H15ClN2O2. The van der Waals surface area contributed by atoms with Crippen LogP contribution in [0.5, 0.6) is 0 Å². The van der Waals surface area contributed by atoms with Gasteiger partial charge in [0.15, 0.2) is 0 Å². The highest BCUT2D eigenvalue weighted by atomic mass is 35.5. The van der Waals surface area contributed by atoms with Gasteiger partial charge in [-0.05, 0) is 29.8 Å². The number of nitrogens with zero attached hydrogens (tertiary/aromatic N) is 1. The van der Waals surface area contributed by atoms with E-state index in [9.17, 15) is 10.1 Å². The molecule has 0 bridgehead atoms. The molecule has 0 aliphatic heterocycles. The summed E-state index contributed by atoms with van der Waals surface area (Å²) in [6.07, 6.45) is 1.42. The number of benzene rings is 2. The third-order valence-electron chi connectivity index (χ3n) is 3.68. The maximum Gasteiger partial charge on any atom is 0.262 e. The lowest BCUT2D eigenvalue weighted by atomic mass is 10.2. The van der Waals surface area contributed by atoms with Gasteiger partial charge in [0, 0.05) is 23.2 Å². The van der Waals surface area contributed by atoms with E-state index in [2.05, 4.69) is 5.32 Å². The molecule has 0 aliphatic rings. The first kappa shape index (κ1) is 17.5. The van der Waals surface area contributed by atoms with E-state index < -0.39 is 5.91 Å². The summed E-state index contributed by atoms with van der Waals surface area (Å²) in [5, 5.41) is 12.6. The summed E-state index contributed by atoms with van der Waals surface area (Å²) >= 11 is 5.99. The summed E-state index contributed by atoms with van der Waals surface area (Å²) in [6, 6.07) is 22.1. The molecule has 4 nitrogen and oxygen atoms in total. The van der Waals surface area contributed by atoms with Crippen LogP contribution in [0, 0.1) is 11.3 Å². The van der Waals surface area contributed by atoms with E-state index in [1.165, 1.54) is 6.08 Å². The fraction of sp³-hybridized carbons (Fsp3) is 0.0476. The lowest BCUT2D eigenvalue weighted by molar-refractivity contribution is -0.117. The summed E-state index contributed by atoms with van der Waals surface area (Å²) in [5.41, 5.74) is 1.76. The van der Waals surface area contributed by atoms with E-state index in [0.29, 0.717) is 23.1 Å². The number of hydrogen-bond donors (Lipinski definition) is 1. The van der Waals surface area contributed by atoms with Crippen molar-refractivity contribution in [2.24, 2.45) is 0 Å². The lowest BCUT2D eigenvalue weighted by Crippen LogP contribution is -2.23. The minimum absolute atomic E-state index is 0.0204. The van der Waals surface area contributed by atoms with Crippen molar-refractivity contribution in [1.82, 2.24) is 5.32 Å². The topological polar surface area (TPSA) is 66.0 Å². The van der Waals surface area contributed by atoms with Gasteiger partial charge < -0.3 is 9.73 Å². The van der Waals surface area contributed by atoms with Crippen molar-refractivity contribution in [3.63, 3.8) is 0 Å². The predicted molar refractivity (Wildman–Crippen MR) is 101 cm³/mol. The maximum absolute atomic E-state index is 12.2. The van der Waals surface area contributed by atoms with Gasteiger partial charge in [0.05, 0.1) is 0 Å². The molecule has 1 aromatic heterocycles. The number of nitrogens with one attached hydrogen (secondary N) is 1. The van der Waals surface area contributed by atoms with Crippen molar-refractivity contribution in [2.75, 3.05) is 0 Å². The van der Waals surface area contributed by atoms with Crippen molar-refractivity contribution in [3.05, 3.63) is 88.6 Å². The van der Waals surface area contributed by atoms with Crippen LogP contribution in [0.3, 0.4) is 0 Å². The van der Waals surface area contributed by atoms with Crippen LogP contribution in [0.4, 0.5) is 0 Å². The molecule has 0 unspecified atom stereocenters. The number of carbonyl (C=O) groups excluding carboxylic acids is 1. The van der Waals surface area contributed by atoms with Crippen LogP contribution in [0.15, 0.2) is 76.7 Å². The van der Waals surface area contributed by atoms with E-state index in [0.717, 1.165) is 11.1 Å². The van der Waals surface area contributed by atoms with E-state index in [4.69, 9.17) is 16.0 Å². The molecule has 2 aromatic carbocycles. The van der Waals surface area contributed by atoms with E-state index in [1.807, 2.05) is 48.5 Å². The second kappa shape index (κ2) is 8.19. The van der Waals surface area contributed by atoms with Gasteiger partial charge in [-0.25, -0.2) is 0 Å². The van der Waals surface area contributed by atoms with Crippen LogP contribution in [-0.4, -0.2) is 5.91 Å². The summed E-state index contributed by atoms with van der Waals surface area (Å²) < 4.78 is 5.70. The number of halogens is 1. The highest BCUT2D eigenvalue weighted by Crippen LogP contribution is 2.25. The Morgan fingerprint density at radius 2 is 1.92 bits per heavy atom. The minimum Gasteiger partial charge on any atom is -0.457 e. The van der Waals surface area contributed by atoms with Crippen LogP contribution in [0.2, 0.25) is 5.02 Å². The van der Waals surface area contributed by atoms with Gasteiger partial charge in [0.25, 0.3) is 5.91 Å². The molecule has 0 fully saturated rings. The van der Waals surface area contributed by atoms with Crippen molar-refractivity contribution < 1.29 is 9.21 Å². The van der Waals surface area contributed by atoms with Crippen molar-refractivity contribution in [1.29, 1.82) is 5.26 Å². The number of hydrogen-bond acceptors (Lipinski definition) is 3. The Bertz CT molecular complexity index is 985. The highest BCUT2D eigenvalue weighted by Gasteiger charge is 2.11. The van der Waals surface area contributed by atoms with E-state index >= 15 is 0 Å². The quantitative estimate of drug-likeness (QED) is 0.522.